The van der Waals surface area contributed by atoms with Gasteiger partial charge in [0.1, 0.15) is 16.5 Å². The minimum absolute atomic E-state index is 0.0784. The summed E-state index contributed by atoms with van der Waals surface area (Å²) < 4.78 is 26.3. The van der Waals surface area contributed by atoms with Crippen molar-refractivity contribution in [1.29, 1.82) is 0 Å². The van der Waals surface area contributed by atoms with E-state index in [9.17, 15) is 14.4 Å². The molecule has 2 N–H and O–H groups in total. The molecule has 0 aliphatic carbocycles. The second kappa shape index (κ2) is 10.6. The number of hydrogen-bond donors (Lipinski definition) is 2. The Bertz CT molecular complexity index is 1330. The van der Waals surface area contributed by atoms with E-state index in [1.54, 1.807) is 50.2 Å². The van der Waals surface area contributed by atoms with Crippen LogP contribution in [0.3, 0.4) is 0 Å². The number of carbonyl (C=O) groups excluding carboxylic acids is 3. The van der Waals surface area contributed by atoms with E-state index in [4.69, 9.17) is 23.7 Å². The number of rotatable bonds is 8. The molecule has 2 heterocycles. The van der Waals surface area contributed by atoms with Crippen LogP contribution in [-0.4, -0.2) is 45.4 Å². The van der Waals surface area contributed by atoms with E-state index in [0.29, 0.717) is 39.8 Å². The quantitative estimate of drug-likeness (QED) is 0.424. The van der Waals surface area contributed by atoms with Gasteiger partial charge < -0.3 is 34.3 Å². The zero-order chi connectivity index (χ0) is 25.8. The van der Waals surface area contributed by atoms with Crippen LogP contribution in [0.25, 0.3) is 0 Å². The van der Waals surface area contributed by atoms with E-state index in [0.717, 1.165) is 11.3 Å². The predicted octanol–water partition coefficient (Wildman–Crippen LogP) is 4.48. The first-order valence-corrected chi connectivity index (χ1v) is 11.7. The van der Waals surface area contributed by atoms with Crippen molar-refractivity contribution in [3.05, 3.63) is 58.0 Å². The van der Waals surface area contributed by atoms with Crippen molar-refractivity contribution >= 4 is 39.8 Å². The molecule has 1 aromatic heterocycles. The fourth-order valence-corrected chi connectivity index (χ4v) is 4.65. The first-order valence-electron chi connectivity index (χ1n) is 10.9. The monoisotopic (exact) mass is 512 g/mol. The standard InChI is InChI=1S/C25H24N2O8S/c1-5-33-25(30)20-13(2)21(23(29)26-16-8-7-15(31-3)11-18(16)32-4)36-24(20)27-22(28)14-6-9-17-19(10-14)35-12-34-17/h6-11H,5,12H2,1-4H3,(H,26,29)(H,27,28). The lowest BCUT2D eigenvalue weighted by Crippen LogP contribution is -2.15. The van der Waals surface area contributed by atoms with Gasteiger partial charge in [0, 0.05) is 11.6 Å². The Morgan fingerprint density at radius 1 is 0.972 bits per heavy atom. The Hall–Kier alpha value is -4.25. The van der Waals surface area contributed by atoms with E-state index >= 15 is 0 Å². The molecule has 3 aromatic rings. The highest BCUT2D eigenvalue weighted by Crippen LogP contribution is 2.37. The van der Waals surface area contributed by atoms with E-state index in [-0.39, 0.29) is 28.8 Å². The summed E-state index contributed by atoms with van der Waals surface area (Å²) >= 11 is 0.971. The van der Waals surface area contributed by atoms with Crippen LogP contribution < -0.4 is 29.6 Å². The molecule has 36 heavy (non-hydrogen) atoms. The molecule has 4 rings (SSSR count). The van der Waals surface area contributed by atoms with Gasteiger partial charge in [-0.3, -0.25) is 9.59 Å². The molecule has 0 unspecified atom stereocenters. The third-order valence-electron chi connectivity index (χ3n) is 5.35. The number of nitrogens with one attached hydrogen (secondary N) is 2. The van der Waals surface area contributed by atoms with Gasteiger partial charge in [0.2, 0.25) is 6.79 Å². The second-order valence-electron chi connectivity index (χ2n) is 7.52. The molecule has 2 amide bonds. The molecule has 0 saturated carbocycles. The number of hydrogen-bond acceptors (Lipinski definition) is 9. The molecule has 2 aromatic carbocycles. The van der Waals surface area contributed by atoms with E-state index < -0.39 is 17.8 Å². The van der Waals surface area contributed by atoms with Gasteiger partial charge in [0.05, 0.1) is 37.0 Å². The van der Waals surface area contributed by atoms with Crippen LogP contribution in [0, 0.1) is 6.92 Å². The fourth-order valence-electron chi connectivity index (χ4n) is 3.56. The number of anilines is 2. The highest BCUT2D eigenvalue weighted by Gasteiger charge is 2.28. The Morgan fingerprint density at radius 2 is 1.75 bits per heavy atom. The van der Waals surface area contributed by atoms with E-state index in [2.05, 4.69) is 10.6 Å². The summed E-state index contributed by atoms with van der Waals surface area (Å²) in [7, 11) is 3.00. The van der Waals surface area contributed by atoms with Gasteiger partial charge in [-0.2, -0.15) is 0 Å². The molecular formula is C25H24N2O8S. The van der Waals surface area contributed by atoms with Gasteiger partial charge in [0.25, 0.3) is 11.8 Å². The van der Waals surface area contributed by atoms with Crippen LogP contribution in [-0.2, 0) is 4.74 Å². The smallest absolute Gasteiger partial charge is 0.341 e. The highest BCUT2D eigenvalue weighted by atomic mass is 32.1. The minimum atomic E-state index is -0.645. The molecule has 0 bridgehead atoms. The number of esters is 1. The number of benzene rings is 2. The van der Waals surface area contributed by atoms with Gasteiger partial charge in [-0.05, 0) is 49.7 Å². The normalized spacial score (nSPS) is 11.6. The molecule has 11 heteroatoms. The predicted molar refractivity (Wildman–Crippen MR) is 133 cm³/mol. The molecule has 0 spiro atoms. The minimum Gasteiger partial charge on any atom is -0.497 e. The van der Waals surface area contributed by atoms with Crippen LogP contribution in [0.1, 0.15) is 42.9 Å². The van der Waals surface area contributed by atoms with Gasteiger partial charge in [-0.1, -0.05) is 0 Å². The summed E-state index contributed by atoms with van der Waals surface area (Å²) in [5.74, 6) is 0.351. The third-order valence-corrected chi connectivity index (χ3v) is 6.56. The second-order valence-corrected chi connectivity index (χ2v) is 8.54. The maximum Gasteiger partial charge on any atom is 0.341 e. The Balaban J connectivity index is 1.64. The van der Waals surface area contributed by atoms with Crippen LogP contribution in [0.4, 0.5) is 10.7 Å². The van der Waals surface area contributed by atoms with Crippen molar-refractivity contribution in [3.8, 4) is 23.0 Å². The van der Waals surface area contributed by atoms with Gasteiger partial charge in [0.15, 0.2) is 11.5 Å². The number of carbonyl (C=O) groups is 3. The summed E-state index contributed by atoms with van der Waals surface area (Å²) in [6, 6.07) is 9.72. The Morgan fingerprint density at radius 3 is 2.47 bits per heavy atom. The molecule has 10 nitrogen and oxygen atoms in total. The van der Waals surface area contributed by atoms with E-state index in [1.165, 1.54) is 14.2 Å². The van der Waals surface area contributed by atoms with Crippen molar-refractivity contribution in [2.24, 2.45) is 0 Å². The number of ether oxygens (including phenoxy) is 5. The fraction of sp³-hybridized carbons (Fsp3) is 0.240. The molecular weight excluding hydrogens is 488 g/mol. The Labute approximate surface area is 211 Å². The zero-order valence-electron chi connectivity index (χ0n) is 20.1. The number of fused-ring (bicyclic) bond motifs is 1. The molecule has 0 atom stereocenters. The largest absolute Gasteiger partial charge is 0.497 e. The number of amides is 2. The van der Waals surface area contributed by atoms with Crippen LogP contribution in [0.15, 0.2) is 36.4 Å². The summed E-state index contributed by atoms with van der Waals surface area (Å²) in [5.41, 5.74) is 1.21. The Kier molecular flexibility index (Phi) is 7.30. The van der Waals surface area contributed by atoms with Crippen LogP contribution in [0.2, 0.25) is 0 Å². The lowest BCUT2D eigenvalue weighted by molar-refractivity contribution is 0.0527. The van der Waals surface area contributed by atoms with E-state index in [1.807, 2.05) is 0 Å². The lowest BCUT2D eigenvalue weighted by atomic mass is 10.1. The molecule has 1 aliphatic heterocycles. The molecule has 0 fully saturated rings. The summed E-state index contributed by atoms with van der Waals surface area (Å²) in [5, 5.41) is 5.72. The van der Waals surface area contributed by atoms with Crippen molar-refractivity contribution in [2.45, 2.75) is 13.8 Å². The summed E-state index contributed by atoms with van der Waals surface area (Å²) in [6.07, 6.45) is 0. The zero-order valence-corrected chi connectivity index (χ0v) is 20.9. The van der Waals surface area contributed by atoms with Crippen LogP contribution >= 0.6 is 11.3 Å². The first-order chi connectivity index (χ1) is 17.4. The average molecular weight is 513 g/mol. The van der Waals surface area contributed by atoms with Crippen molar-refractivity contribution in [1.82, 2.24) is 0 Å². The average Bonchev–Trinajstić information content (AvgIpc) is 3.47. The first kappa shape index (κ1) is 24.9. The number of methoxy groups -OCH3 is 2. The van der Waals surface area contributed by atoms with Gasteiger partial charge in [-0.25, -0.2) is 4.79 Å². The SMILES string of the molecule is CCOC(=O)c1c(NC(=O)c2ccc3c(c2)OCO3)sc(C(=O)Nc2ccc(OC)cc2OC)c1C. The van der Waals surface area contributed by atoms with Crippen molar-refractivity contribution in [3.63, 3.8) is 0 Å². The third kappa shape index (κ3) is 4.91. The highest BCUT2D eigenvalue weighted by molar-refractivity contribution is 7.19. The maximum atomic E-state index is 13.2. The number of thiophene rings is 1. The van der Waals surface area contributed by atoms with Gasteiger partial charge >= 0.3 is 5.97 Å². The molecule has 0 saturated heterocycles. The van der Waals surface area contributed by atoms with Crippen molar-refractivity contribution in [2.75, 3.05) is 38.3 Å². The maximum absolute atomic E-state index is 13.2. The summed E-state index contributed by atoms with van der Waals surface area (Å²) in [4.78, 5) is 39.2. The molecule has 188 valence electrons. The van der Waals surface area contributed by atoms with Crippen LogP contribution in [0.5, 0.6) is 23.0 Å². The summed E-state index contributed by atoms with van der Waals surface area (Å²) in [6.45, 7) is 3.51. The lowest BCUT2D eigenvalue weighted by Gasteiger charge is -2.11. The molecule has 1 aliphatic rings. The van der Waals surface area contributed by atoms with Gasteiger partial charge in [-0.15, -0.1) is 11.3 Å². The van der Waals surface area contributed by atoms with Crippen molar-refractivity contribution < 1.29 is 38.1 Å². The topological polar surface area (TPSA) is 121 Å². The molecule has 0 radical (unpaired) electrons.